The molecule has 0 N–H and O–H groups in total. The van der Waals surface area contributed by atoms with Crippen LogP contribution in [0.15, 0.2) is 34.8 Å². The van der Waals surface area contributed by atoms with Crippen molar-refractivity contribution in [2.75, 3.05) is 11.9 Å². The SMILES string of the molecule is Cc1cc(N(C)c2nnc(-c3ccc(Br)cc3)s2)nc(Cl)n1. The number of nitrogens with zero attached hydrogens (tertiary/aromatic N) is 5. The number of anilines is 2. The highest BCUT2D eigenvalue weighted by molar-refractivity contribution is 9.10. The summed E-state index contributed by atoms with van der Waals surface area (Å²) in [6.45, 7) is 1.87. The van der Waals surface area contributed by atoms with Crippen molar-refractivity contribution in [3.8, 4) is 10.6 Å². The number of aromatic nitrogens is 4. The molecule has 0 saturated heterocycles. The van der Waals surface area contributed by atoms with E-state index < -0.39 is 0 Å². The Hall–Kier alpha value is -1.57. The molecule has 0 spiro atoms. The lowest BCUT2D eigenvalue weighted by molar-refractivity contribution is 1.01. The first-order valence-corrected chi connectivity index (χ1v) is 8.36. The number of benzene rings is 1. The Kier molecular flexibility index (Phi) is 4.37. The van der Waals surface area contributed by atoms with Gasteiger partial charge in [-0.1, -0.05) is 39.4 Å². The molecule has 0 atom stereocenters. The third-order valence-corrected chi connectivity index (χ3v) is 4.70. The van der Waals surface area contributed by atoms with Crippen LogP contribution in [-0.2, 0) is 0 Å². The molecule has 0 aliphatic rings. The summed E-state index contributed by atoms with van der Waals surface area (Å²) >= 11 is 10.8. The predicted octanol–water partition coefficient (Wildman–Crippen LogP) is 4.49. The highest BCUT2D eigenvalue weighted by atomic mass is 79.9. The van der Waals surface area contributed by atoms with Gasteiger partial charge in [-0.2, -0.15) is 0 Å². The summed E-state index contributed by atoms with van der Waals surface area (Å²) in [6, 6.07) is 9.81. The van der Waals surface area contributed by atoms with Crippen LogP contribution in [0.4, 0.5) is 10.9 Å². The normalized spacial score (nSPS) is 10.7. The van der Waals surface area contributed by atoms with E-state index in [0.717, 1.165) is 25.9 Å². The Labute approximate surface area is 145 Å². The van der Waals surface area contributed by atoms with Crippen LogP contribution < -0.4 is 4.90 Å². The summed E-state index contributed by atoms with van der Waals surface area (Å²) in [5, 5.41) is 10.3. The molecule has 0 aliphatic carbocycles. The highest BCUT2D eigenvalue weighted by Gasteiger charge is 2.14. The molecule has 0 saturated carbocycles. The second-order valence-corrected chi connectivity index (χ2v) is 6.80. The van der Waals surface area contributed by atoms with Crippen molar-refractivity contribution in [2.45, 2.75) is 6.92 Å². The van der Waals surface area contributed by atoms with Gasteiger partial charge in [0.15, 0.2) is 0 Å². The monoisotopic (exact) mass is 395 g/mol. The van der Waals surface area contributed by atoms with Crippen LogP contribution in [0.1, 0.15) is 5.69 Å². The molecule has 0 unspecified atom stereocenters. The molecule has 1 aromatic carbocycles. The maximum Gasteiger partial charge on any atom is 0.224 e. The van der Waals surface area contributed by atoms with E-state index in [0.29, 0.717) is 5.82 Å². The van der Waals surface area contributed by atoms with Gasteiger partial charge in [0, 0.05) is 28.8 Å². The second kappa shape index (κ2) is 6.28. The number of rotatable bonds is 3. The first-order valence-electron chi connectivity index (χ1n) is 6.37. The summed E-state index contributed by atoms with van der Waals surface area (Å²) in [5.41, 5.74) is 1.83. The minimum Gasteiger partial charge on any atom is -0.304 e. The van der Waals surface area contributed by atoms with E-state index in [1.807, 2.05) is 49.2 Å². The minimum absolute atomic E-state index is 0.222. The summed E-state index contributed by atoms with van der Waals surface area (Å²) in [7, 11) is 1.88. The lowest BCUT2D eigenvalue weighted by Gasteiger charge is -2.14. The van der Waals surface area contributed by atoms with E-state index in [1.54, 1.807) is 0 Å². The van der Waals surface area contributed by atoms with Gasteiger partial charge >= 0.3 is 0 Å². The van der Waals surface area contributed by atoms with Crippen LogP contribution in [0.5, 0.6) is 0 Å². The van der Waals surface area contributed by atoms with Crippen LogP contribution in [0.2, 0.25) is 5.28 Å². The van der Waals surface area contributed by atoms with Crippen molar-refractivity contribution in [1.82, 2.24) is 20.2 Å². The molecule has 0 radical (unpaired) electrons. The summed E-state index contributed by atoms with van der Waals surface area (Å²) < 4.78 is 1.03. The first-order chi connectivity index (χ1) is 10.5. The van der Waals surface area contributed by atoms with Crippen LogP contribution in [-0.4, -0.2) is 27.2 Å². The van der Waals surface area contributed by atoms with Gasteiger partial charge in [0.2, 0.25) is 10.4 Å². The molecular weight excluding hydrogens is 386 g/mol. The molecule has 0 amide bonds. The maximum absolute atomic E-state index is 5.91. The van der Waals surface area contributed by atoms with E-state index in [4.69, 9.17) is 11.6 Å². The number of aryl methyl sites for hydroxylation is 1. The minimum atomic E-state index is 0.222. The lowest BCUT2D eigenvalue weighted by Crippen LogP contribution is -2.11. The average molecular weight is 397 g/mol. The van der Waals surface area contributed by atoms with Gasteiger partial charge in [0.05, 0.1) is 0 Å². The zero-order chi connectivity index (χ0) is 15.7. The topological polar surface area (TPSA) is 54.8 Å². The molecule has 0 fully saturated rings. The number of hydrogen-bond acceptors (Lipinski definition) is 6. The first kappa shape index (κ1) is 15.3. The molecule has 0 bridgehead atoms. The van der Waals surface area contributed by atoms with Crippen molar-refractivity contribution >= 4 is 49.8 Å². The number of hydrogen-bond donors (Lipinski definition) is 0. The third-order valence-electron chi connectivity index (χ3n) is 2.95. The van der Waals surface area contributed by atoms with Crippen molar-refractivity contribution in [1.29, 1.82) is 0 Å². The zero-order valence-corrected chi connectivity index (χ0v) is 14.9. The molecule has 2 heterocycles. The molecule has 8 heteroatoms. The molecule has 3 aromatic rings. The molecule has 0 aliphatic heterocycles. The van der Waals surface area contributed by atoms with Gasteiger partial charge in [0.1, 0.15) is 10.8 Å². The van der Waals surface area contributed by atoms with Crippen LogP contribution in [0.3, 0.4) is 0 Å². The van der Waals surface area contributed by atoms with E-state index in [9.17, 15) is 0 Å². The summed E-state index contributed by atoms with van der Waals surface area (Å²) in [4.78, 5) is 10.1. The largest absolute Gasteiger partial charge is 0.304 e. The Morgan fingerprint density at radius 1 is 1.14 bits per heavy atom. The molecule has 3 rings (SSSR count). The Bertz CT molecular complexity index is 785. The highest BCUT2D eigenvalue weighted by Crippen LogP contribution is 2.32. The van der Waals surface area contributed by atoms with Crippen LogP contribution in [0.25, 0.3) is 10.6 Å². The van der Waals surface area contributed by atoms with Crippen LogP contribution >= 0.6 is 38.9 Å². The standard InChI is InChI=1S/C14H11BrClN5S/c1-8-7-11(18-13(16)17-8)21(2)14-20-19-12(22-14)9-3-5-10(15)6-4-9/h3-7H,1-2H3. The molecule has 2 aromatic heterocycles. The zero-order valence-electron chi connectivity index (χ0n) is 11.8. The maximum atomic E-state index is 5.91. The fraction of sp³-hybridized carbons (Fsp3) is 0.143. The molecular formula is C14H11BrClN5S. The Morgan fingerprint density at radius 2 is 1.86 bits per heavy atom. The molecule has 112 valence electrons. The number of halogens is 2. The van der Waals surface area contributed by atoms with Crippen LogP contribution in [0, 0.1) is 6.92 Å². The molecule has 22 heavy (non-hydrogen) atoms. The fourth-order valence-corrected chi connectivity index (χ4v) is 3.15. The summed E-state index contributed by atoms with van der Waals surface area (Å²) in [5.74, 6) is 0.691. The van der Waals surface area contributed by atoms with Crippen molar-refractivity contribution in [3.63, 3.8) is 0 Å². The van der Waals surface area contributed by atoms with Gasteiger partial charge in [-0.15, -0.1) is 10.2 Å². The Balaban J connectivity index is 1.91. The van der Waals surface area contributed by atoms with E-state index in [-0.39, 0.29) is 5.28 Å². The quantitative estimate of drug-likeness (QED) is 0.611. The fourth-order valence-electron chi connectivity index (χ4n) is 1.85. The predicted molar refractivity (Wildman–Crippen MR) is 92.9 cm³/mol. The van der Waals surface area contributed by atoms with Gasteiger partial charge in [-0.05, 0) is 30.7 Å². The summed E-state index contributed by atoms with van der Waals surface area (Å²) in [6.07, 6.45) is 0. The van der Waals surface area contributed by atoms with Gasteiger partial charge in [-0.3, -0.25) is 0 Å². The van der Waals surface area contributed by atoms with Gasteiger partial charge in [0.25, 0.3) is 0 Å². The van der Waals surface area contributed by atoms with E-state index >= 15 is 0 Å². The average Bonchev–Trinajstić information content (AvgIpc) is 2.96. The van der Waals surface area contributed by atoms with Crippen molar-refractivity contribution in [2.24, 2.45) is 0 Å². The molecule has 5 nitrogen and oxygen atoms in total. The van der Waals surface area contributed by atoms with Gasteiger partial charge < -0.3 is 4.90 Å². The van der Waals surface area contributed by atoms with Crippen molar-refractivity contribution < 1.29 is 0 Å². The van der Waals surface area contributed by atoms with E-state index in [2.05, 4.69) is 36.1 Å². The van der Waals surface area contributed by atoms with Gasteiger partial charge in [-0.25, -0.2) is 9.97 Å². The Morgan fingerprint density at radius 3 is 2.55 bits per heavy atom. The van der Waals surface area contributed by atoms with Crippen molar-refractivity contribution in [3.05, 3.63) is 45.8 Å². The second-order valence-electron chi connectivity index (χ2n) is 4.59. The third kappa shape index (κ3) is 3.26. The smallest absolute Gasteiger partial charge is 0.224 e. The van der Waals surface area contributed by atoms with E-state index in [1.165, 1.54) is 11.3 Å². The lowest BCUT2D eigenvalue weighted by atomic mass is 10.2.